The zero-order chi connectivity index (χ0) is 15.4. The highest BCUT2D eigenvalue weighted by Crippen LogP contribution is 2.26. The number of rotatable bonds is 5. The molecule has 1 aromatic heterocycles. The molecule has 22 heavy (non-hydrogen) atoms. The van der Waals surface area contributed by atoms with Crippen LogP contribution < -0.4 is 10.2 Å². The summed E-state index contributed by atoms with van der Waals surface area (Å²) in [5.41, 5.74) is 0.821. The normalized spacial score (nSPS) is 17.7. The minimum Gasteiger partial charge on any atom is -0.354 e. The summed E-state index contributed by atoms with van der Waals surface area (Å²) in [7, 11) is 0. The lowest BCUT2D eigenvalue weighted by atomic mass is 10.1. The Morgan fingerprint density at radius 1 is 1.41 bits per heavy atom. The van der Waals surface area contributed by atoms with Crippen molar-refractivity contribution in [2.24, 2.45) is 0 Å². The number of aromatic nitrogens is 1. The number of halogens is 1. The third-order valence-electron chi connectivity index (χ3n) is 3.85. The molecule has 0 aliphatic carbocycles. The van der Waals surface area contributed by atoms with Crippen molar-refractivity contribution in [2.45, 2.75) is 25.3 Å². The molecular weight excluding hydrogens is 301 g/mol. The first kappa shape index (κ1) is 15.0. The van der Waals surface area contributed by atoms with Gasteiger partial charge in [0.1, 0.15) is 5.82 Å². The second-order valence-corrected chi connectivity index (χ2v) is 6.28. The van der Waals surface area contributed by atoms with Gasteiger partial charge in [0.15, 0.2) is 5.13 Å². The van der Waals surface area contributed by atoms with Crippen molar-refractivity contribution in [3.8, 4) is 0 Å². The van der Waals surface area contributed by atoms with Crippen LogP contribution in [0.2, 0.25) is 0 Å². The fourth-order valence-electron chi connectivity index (χ4n) is 2.74. The molecule has 1 atom stereocenters. The SMILES string of the molecule is O=C(Cc1ccc(F)cc1)NC[C@@H]1CCCN1c1nccs1. The van der Waals surface area contributed by atoms with E-state index in [0.717, 1.165) is 30.1 Å². The summed E-state index contributed by atoms with van der Waals surface area (Å²) in [5, 5.41) is 5.98. The van der Waals surface area contributed by atoms with Crippen molar-refractivity contribution in [1.29, 1.82) is 0 Å². The third-order valence-corrected chi connectivity index (χ3v) is 4.66. The summed E-state index contributed by atoms with van der Waals surface area (Å²) in [4.78, 5) is 18.6. The van der Waals surface area contributed by atoms with Gasteiger partial charge in [0.25, 0.3) is 0 Å². The molecule has 2 heterocycles. The molecule has 1 aliphatic heterocycles. The number of anilines is 1. The highest BCUT2D eigenvalue weighted by molar-refractivity contribution is 7.13. The maximum absolute atomic E-state index is 12.8. The summed E-state index contributed by atoms with van der Waals surface area (Å²) in [5.74, 6) is -0.313. The number of carbonyl (C=O) groups is 1. The van der Waals surface area contributed by atoms with E-state index >= 15 is 0 Å². The highest BCUT2D eigenvalue weighted by Gasteiger charge is 2.26. The van der Waals surface area contributed by atoms with Crippen LogP contribution in [0.1, 0.15) is 18.4 Å². The van der Waals surface area contributed by atoms with Gasteiger partial charge in [-0.25, -0.2) is 9.37 Å². The molecule has 0 saturated carbocycles. The van der Waals surface area contributed by atoms with Crippen LogP contribution in [0.5, 0.6) is 0 Å². The van der Waals surface area contributed by atoms with Crippen molar-refractivity contribution < 1.29 is 9.18 Å². The van der Waals surface area contributed by atoms with E-state index in [1.54, 1.807) is 23.5 Å². The van der Waals surface area contributed by atoms with Crippen molar-refractivity contribution in [3.63, 3.8) is 0 Å². The van der Waals surface area contributed by atoms with E-state index in [1.165, 1.54) is 12.1 Å². The maximum atomic E-state index is 12.8. The summed E-state index contributed by atoms with van der Waals surface area (Å²) in [6, 6.07) is 6.36. The van der Waals surface area contributed by atoms with Crippen LogP contribution in [0, 0.1) is 5.82 Å². The second-order valence-electron chi connectivity index (χ2n) is 5.41. The van der Waals surface area contributed by atoms with Crippen LogP contribution in [-0.4, -0.2) is 30.0 Å². The summed E-state index contributed by atoms with van der Waals surface area (Å²) < 4.78 is 12.8. The zero-order valence-electron chi connectivity index (χ0n) is 12.2. The van der Waals surface area contributed by atoms with E-state index < -0.39 is 0 Å². The van der Waals surface area contributed by atoms with Gasteiger partial charge in [-0.15, -0.1) is 11.3 Å². The Labute approximate surface area is 133 Å². The first-order chi connectivity index (χ1) is 10.7. The van der Waals surface area contributed by atoms with Crippen LogP contribution in [-0.2, 0) is 11.2 Å². The molecule has 0 spiro atoms. The predicted octanol–water partition coefficient (Wildman–Crippen LogP) is 2.61. The van der Waals surface area contributed by atoms with Gasteiger partial charge in [-0.2, -0.15) is 0 Å². The second kappa shape index (κ2) is 6.87. The lowest BCUT2D eigenvalue weighted by Gasteiger charge is -2.24. The molecule has 1 aromatic carbocycles. The van der Waals surface area contributed by atoms with E-state index in [1.807, 2.05) is 11.6 Å². The summed E-state index contributed by atoms with van der Waals surface area (Å²) in [6.45, 7) is 1.62. The minimum absolute atomic E-state index is 0.0300. The largest absolute Gasteiger partial charge is 0.354 e. The molecule has 1 N–H and O–H groups in total. The van der Waals surface area contributed by atoms with Crippen LogP contribution in [0.25, 0.3) is 0 Å². The molecule has 1 fully saturated rings. The topological polar surface area (TPSA) is 45.2 Å². The predicted molar refractivity (Wildman–Crippen MR) is 85.6 cm³/mol. The maximum Gasteiger partial charge on any atom is 0.224 e. The molecular formula is C16H18FN3OS. The fraction of sp³-hybridized carbons (Fsp3) is 0.375. The van der Waals surface area contributed by atoms with E-state index in [9.17, 15) is 9.18 Å². The lowest BCUT2D eigenvalue weighted by molar-refractivity contribution is -0.120. The molecule has 1 aliphatic rings. The van der Waals surface area contributed by atoms with E-state index in [0.29, 0.717) is 12.6 Å². The van der Waals surface area contributed by atoms with Crippen molar-refractivity contribution in [2.75, 3.05) is 18.0 Å². The first-order valence-corrected chi connectivity index (χ1v) is 8.27. The molecule has 3 rings (SSSR count). The average Bonchev–Trinajstić information content (AvgIpc) is 3.18. The molecule has 116 valence electrons. The number of nitrogens with zero attached hydrogens (tertiary/aromatic N) is 2. The minimum atomic E-state index is -0.283. The lowest BCUT2D eigenvalue weighted by Crippen LogP contribution is -2.40. The number of benzene rings is 1. The molecule has 1 amide bonds. The monoisotopic (exact) mass is 319 g/mol. The quantitative estimate of drug-likeness (QED) is 0.921. The van der Waals surface area contributed by atoms with Gasteiger partial charge in [0.2, 0.25) is 5.91 Å². The molecule has 4 nitrogen and oxygen atoms in total. The van der Waals surface area contributed by atoms with Crippen LogP contribution in [0.4, 0.5) is 9.52 Å². The molecule has 0 unspecified atom stereocenters. The molecule has 0 radical (unpaired) electrons. The Morgan fingerprint density at radius 3 is 2.95 bits per heavy atom. The Hall–Kier alpha value is -1.95. The van der Waals surface area contributed by atoms with Gasteiger partial charge in [-0.3, -0.25) is 4.79 Å². The Morgan fingerprint density at radius 2 is 2.23 bits per heavy atom. The number of hydrogen-bond acceptors (Lipinski definition) is 4. The first-order valence-electron chi connectivity index (χ1n) is 7.39. The number of thiazole rings is 1. The number of hydrogen-bond donors (Lipinski definition) is 1. The Bertz CT molecular complexity index is 615. The van der Waals surface area contributed by atoms with Gasteiger partial charge in [-0.05, 0) is 30.5 Å². The zero-order valence-corrected chi connectivity index (χ0v) is 13.0. The smallest absolute Gasteiger partial charge is 0.224 e. The van der Waals surface area contributed by atoms with E-state index in [4.69, 9.17) is 0 Å². The molecule has 1 saturated heterocycles. The van der Waals surface area contributed by atoms with Gasteiger partial charge in [-0.1, -0.05) is 12.1 Å². The Kier molecular flexibility index (Phi) is 4.68. The van der Waals surface area contributed by atoms with Crippen LogP contribution in [0.15, 0.2) is 35.8 Å². The van der Waals surface area contributed by atoms with Crippen molar-refractivity contribution >= 4 is 22.4 Å². The van der Waals surface area contributed by atoms with Gasteiger partial charge in [0.05, 0.1) is 6.42 Å². The van der Waals surface area contributed by atoms with Crippen LogP contribution >= 0.6 is 11.3 Å². The van der Waals surface area contributed by atoms with Gasteiger partial charge >= 0.3 is 0 Å². The number of nitrogens with one attached hydrogen (secondary N) is 1. The van der Waals surface area contributed by atoms with Gasteiger partial charge in [0, 0.05) is 30.7 Å². The summed E-state index contributed by atoms with van der Waals surface area (Å²) in [6.07, 6.45) is 4.28. The van der Waals surface area contributed by atoms with Gasteiger partial charge < -0.3 is 10.2 Å². The molecule has 0 bridgehead atoms. The van der Waals surface area contributed by atoms with Crippen molar-refractivity contribution in [1.82, 2.24) is 10.3 Å². The number of amides is 1. The Balaban J connectivity index is 1.51. The molecule has 6 heteroatoms. The van der Waals surface area contributed by atoms with Crippen molar-refractivity contribution in [3.05, 3.63) is 47.2 Å². The number of carbonyl (C=O) groups excluding carboxylic acids is 1. The molecule has 2 aromatic rings. The standard InChI is InChI=1S/C16H18FN3OS/c17-13-5-3-12(4-6-13)10-15(21)19-11-14-2-1-8-20(14)16-18-7-9-22-16/h3-7,9,14H,1-2,8,10-11H2,(H,19,21)/t14-/m0/s1. The van der Waals surface area contributed by atoms with E-state index in [2.05, 4.69) is 15.2 Å². The average molecular weight is 319 g/mol. The summed E-state index contributed by atoms with van der Waals surface area (Å²) >= 11 is 1.63. The highest BCUT2D eigenvalue weighted by atomic mass is 32.1. The third kappa shape index (κ3) is 3.62. The van der Waals surface area contributed by atoms with E-state index in [-0.39, 0.29) is 18.1 Å². The van der Waals surface area contributed by atoms with Crippen LogP contribution in [0.3, 0.4) is 0 Å². The fourth-order valence-corrected chi connectivity index (χ4v) is 3.48.